The maximum absolute atomic E-state index is 13.3. The van der Waals surface area contributed by atoms with Crippen LogP contribution in [0.2, 0.25) is 0 Å². The van der Waals surface area contributed by atoms with Crippen molar-refractivity contribution < 1.29 is 22.3 Å². The van der Waals surface area contributed by atoms with Crippen LogP contribution in [0.5, 0.6) is 0 Å². The van der Waals surface area contributed by atoms with Gasteiger partial charge in [-0.1, -0.05) is 0 Å². The molecular weight excluding hydrogens is 223 g/mol. The lowest BCUT2D eigenvalue weighted by Crippen LogP contribution is -2.34. The summed E-state index contributed by atoms with van der Waals surface area (Å²) in [5.41, 5.74) is 0. The summed E-state index contributed by atoms with van der Waals surface area (Å²) >= 11 is 0. The van der Waals surface area contributed by atoms with E-state index in [9.17, 15) is 17.6 Å². The molecule has 1 heterocycles. The van der Waals surface area contributed by atoms with Crippen molar-refractivity contribution in [3.63, 3.8) is 0 Å². The zero-order chi connectivity index (χ0) is 11.5. The smallest absolute Gasteiger partial charge is 0.305 e. The molecule has 1 saturated heterocycles. The quantitative estimate of drug-likeness (QED) is 0.679. The molecule has 2 atom stereocenters. The number of halogens is 1. The average Bonchev–Trinajstić information content (AvgIpc) is 2.19. The van der Waals surface area contributed by atoms with Gasteiger partial charge in [-0.15, -0.1) is 0 Å². The van der Waals surface area contributed by atoms with E-state index in [1.165, 1.54) is 7.11 Å². The van der Waals surface area contributed by atoms with Gasteiger partial charge in [0.15, 0.2) is 9.84 Å². The molecule has 0 amide bonds. The molecule has 0 spiro atoms. The Kier molecular flexibility index (Phi) is 4.07. The van der Waals surface area contributed by atoms with Crippen LogP contribution < -0.4 is 0 Å². The fourth-order valence-electron chi connectivity index (χ4n) is 1.71. The summed E-state index contributed by atoms with van der Waals surface area (Å²) < 4.78 is 40.2. The average molecular weight is 238 g/mol. The van der Waals surface area contributed by atoms with E-state index in [1.54, 1.807) is 0 Å². The van der Waals surface area contributed by atoms with Crippen LogP contribution in [0, 0.1) is 5.92 Å². The van der Waals surface area contributed by atoms with Crippen molar-refractivity contribution in [1.29, 1.82) is 0 Å². The van der Waals surface area contributed by atoms with Gasteiger partial charge in [0, 0.05) is 12.3 Å². The highest BCUT2D eigenvalue weighted by molar-refractivity contribution is 7.91. The predicted octanol–water partition coefficient (Wildman–Crippen LogP) is 0.712. The van der Waals surface area contributed by atoms with E-state index in [-0.39, 0.29) is 30.8 Å². The Balaban J connectivity index is 2.49. The molecule has 0 bridgehead atoms. The first-order chi connectivity index (χ1) is 6.94. The van der Waals surface area contributed by atoms with Gasteiger partial charge in [0.1, 0.15) is 6.17 Å². The van der Waals surface area contributed by atoms with Crippen molar-refractivity contribution >= 4 is 15.8 Å². The van der Waals surface area contributed by atoms with Crippen LogP contribution in [0.25, 0.3) is 0 Å². The van der Waals surface area contributed by atoms with E-state index >= 15 is 0 Å². The Bertz CT molecular complexity index is 325. The van der Waals surface area contributed by atoms with Gasteiger partial charge in [-0.25, -0.2) is 12.8 Å². The van der Waals surface area contributed by atoms with Crippen LogP contribution >= 0.6 is 0 Å². The fraction of sp³-hybridized carbons (Fsp3) is 0.889. The molecule has 2 unspecified atom stereocenters. The first-order valence-corrected chi connectivity index (χ1v) is 6.68. The molecule has 1 aliphatic rings. The number of methoxy groups -OCH3 is 1. The molecule has 0 aromatic heterocycles. The third-order valence-electron chi connectivity index (χ3n) is 2.63. The van der Waals surface area contributed by atoms with Gasteiger partial charge in [-0.05, 0) is 12.8 Å². The number of esters is 1. The first-order valence-electron chi connectivity index (χ1n) is 4.86. The van der Waals surface area contributed by atoms with Gasteiger partial charge in [0.2, 0.25) is 0 Å². The van der Waals surface area contributed by atoms with Crippen molar-refractivity contribution in [3.8, 4) is 0 Å². The molecule has 0 saturated carbocycles. The summed E-state index contributed by atoms with van der Waals surface area (Å²) in [7, 11) is -1.85. The van der Waals surface area contributed by atoms with E-state index in [1.807, 2.05) is 0 Å². The van der Waals surface area contributed by atoms with Gasteiger partial charge < -0.3 is 4.74 Å². The molecule has 0 aliphatic carbocycles. The zero-order valence-corrected chi connectivity index (χ0v) is 9.43. The summed E-state index contributed by atoms with van der Waals surface area (Å²) in [5.74, 6) is -1.21. The van der Waals surface area contributed by atoms with Crippen molar-refractivity contribution in [1.82, 2.24) is 0 Å². The SMILES string of the molecule is COC(=O)CCC1CS(=O)(=O)CCC1F. The number of hydrogen-bond acceptors (Lipinski definition) is 4. The highest BCUT2D eigenvalue weighted by Gasteiger charge is 2.33. The number of ether oxygens (including phenoxy) is 1. The molecule has 1 aliphatic heterocycles. The van der Waals surface area contributed by atoms with Crippen LogP contribution in [-0.4, -0.2) is 39.2 Å². The van der Waals surface area contributed by atoms with E-state index in [2.05, 4.69) is 4.74 Å². The summed E-state index contributed by atoms with van der Waals surface area (Å²) in [5, 5.41) is 0. The van der Waals surface area contributed by atoms with E-state index < -0.39 is 27.9 Å². The Morgan fingerprint density at radius 2 is 2.20 bits per heavy atom. The van der Waals surface area contributed by atoms with E-state index in [0.717, 1.165) is 0 Å². The van der Waals surface area contributed by atoms with Gasteiger partial charge >= 0.3 is 5.97 Å². The molecule has 0 radical (unpaired) electrons. The van der Waals surface area contributed by atoms with E-state index in [0.29, 0.717) is 0 Å². The third kappa shape index (κ3) is 3.77. The molecule has 6 heteroatoms. The molecule has 0 aromatic carbocycles. The van der Waals surface area contributed by atoms with Crippen molar-refractivity contribution in [2.24, 2.45) is 5.92 Å². The second kappa shape index (κ2) is 4.92. The number of rotatable bonds is 3. The highest BCUT2D eigenvalue weighted by Crippen LogP contribution is 2.25. The minimum absolute atomic E-state index is 0.0498. The summed E-state index contributed by atoms with van der Waals surface area (Å²) in [6.07, 6.45) is -0.739. The summed E-state index contributed by atoms with van der Waals surface area (Å²) in [4.78, 5) is 10.8. The number of sulfone groups is 1. The predicted molar refractivity (Wildman–Crippen MR) is 52.9 cm³/mol. The van der Waals surface area contributed by atoms with Crippen LogP contribution in [0.15, 0.2) is 0 Å². The van der Waals surface area contributed by atoms with Crippen LogP contribution in [0.4, 0.5) is 4.39 Å². The van der Waals surface area contributed by atoms with Gasteiger partial charge in [0.05, 0.1) is 18.6 Å². The number of carbonyl (C=O) groups excluding carboxylic acids is 1. The molecule has 88 valence electrons. The maximum atomic E-state index is 13.3. The lowest BCUT2D eigenvalue weighted by Gasteiger charge is -2.25. The van der Waals surface area contributed by atoms with E-state index in [4.69, 9.17) is 0 Å². The summed E-state index contributed by atoms with van der Waals surface area (Å²) in [6, 6.07) is 0. The first kappa shape index (κ1) is 12.4. The summed E-state index contributed by atoms with van der Waals surface area (Å²) in [6.45, 7) is 0. The second-order valence-electron chi connectivity index (χ2n) is 3.79. The van der Waals surface area contributed by atoms with Crippen molar-refractivity contribution in [2.75, 3.05) is 18.6 Å². The zero-order valence-electron chi connectivity index (χ0n) is 8.61. The molecule has 15 heavy (non-hydrogen) atoms. The second-order valence-corrected chi connectivity index (χ2v) is 6.02. The van der Waals surface area contributed by atoms with Crippen LogP contribution in [0.3, 0.4) is 0 Å². The Morgan fingerprint density at radius 1 is 1.53 bits per heavy atom. The standard InChI is InChI=1S/C9H15FO4S/c1-14-9(11)3-2-7-6-15(12,13)5-4-8(7)10/h7-8H,2-6H2,1H3. The molecule has 4 nitrogen and oxygen atoms in total. The number of alkyl halides is 1. The lowest BCUT2D eigenvalue weighted by atomic mass is 9.98. The normalized spacial score (nSPS) is 29.7. The largest absolute Gasteiger partial charge is 0.469 e. The van der Waals surface area contributed by atoms with Crippen LogP contribution in [0.1, 0.15) is 19.3 Å². The monoisotopic (exact) mass is 238 g/mol. The van der Waals surface area contributed by atoms with Gasteiger partial charge in [0.25, 0.3) is 0 Å². The number of carbonyl (C=O) groups is 1. The Morgan fingerprint density at radius 3 is 2.80 bits per heavy atom. The lowest BCUT2D eigenvalue weighted by molar-refractivity contribution is -0.141. The molecule has 1 rings (SSSR count). The Labute approximate surface area is 88.7 Å². The van der Waals surface area contributed by atoms with Crippen molar-refractivity contribution in [3.05, 3.63) is 0 Å². The molecule has 0 aromatic rings. The van der Waals surface area contributed by atoms with Gasteiger partial charge in [-0.2, -0.15) is 0 Å². The number of hydrogen-bond donors (Lipinski definition) is 0. The third-order valence-corrected chi connectivity index (χ3v) is 4.42. The Hall–Kier alpha value is -0.650. The highest BCUT2D eigenvalue weighted by atomic mass is 32.2. The molecule has 0 N–H and O–H groups in total. The molecular formula is C9H15FO4S. The van der Waals surface area contributed by atoms with Crippen LogP contribution in [-0.2, 0) is 19.4 Å². The van der Waals surface area contributed by atoms with Gasteiger partial charge in [-0.3, -0.25) is 4.79 Å². The molecule has 1 fully saturated rings. The minimum atomic E-state index is -3.11. The maximum Gasteiger partial charge on any atom is 0.305 e. The van der Waals surface area contributed by atoms with Crippen molar-refractivity contribution in [2.45, 2.75) is 25.4 Å². The topological polar surface area (TPSA) is 60.4 Å². The fourth-order valence-corrected chi connectivity index (χ4v) is 3.49. The minimum Gasteiger partial charge on any atom is -0.469 e.